The minimum Gasteiger partial charge on any atom is -0.673 e. The van der Waals surface area contributed by atoms with Crippen LogP contribution < -0.4 is 62.4 Å². The van der Waals surface area contributed by atoms with E-state index in [-0.39, 0.29) is 63.8 Å². The standard InChI is InChI=1S/C9H16N3O2.C3H8.C2H6.CH3NO.K/c1-7(5-11-9(13)14-2)12-4-3-8(10)6-12;1-3-2;1-2;2-1-3;/h8,10H,1,3-6H2,2H3,(H,11,13);3H2,1-2H3;1-2H3;1H,(H2,2,3);/q-1;;;;+1. The number of hydrogen-bond donors (Lipinski definition) is 2. The van der Waals surface area contributed by atoms with Crippen LogP contribution in [0.2, 0.25) is 0 Å². The molecule has 4 N–H and O–H groups in total. The fourth-order valence-corrected chi connectivity index (χ4v) is 1.41. The number of primary amides is 1. The number of carbonyl (C=O) groups is 2. The van der Waals surface area contributed by atoms with E-state index >= 15 is 0 Å². The topological polar surface area (TPSA) is 108 Å². The summed E-state index contributed by atoms with van der Waals surface area (Å²) in [5, 5.41) is 2.56. The zero-order chi connectivity index (χ0) is 18.0. The Morgan fingerprint density at radius 2 is 1.91 bits per heavy atom. The molecule has 1 saturated heterocycles. The molecule has 0 spiro atoms. The van der Waals surface area contributed by atoms with Crippen LogP contribution in [-0.4, -0.2) is 50.2 Å². The van der Waals surface area contributed by atoms with Crippen molar-refractivity contribution in [3.8, 4) is 0 Å². The van der Waals surface area contributed by atoms with Gasteiger partial charge in [-0.15, -0.1) is 6.04 Å². The maximum atomic E-state index is 10.8. The molecule has 0 aromatic rings. The maximum absolute atomic E-state index is 10.8. The Morgan fingerprint density at radius 3 is 2.22 bits per heavy atom. The van der Waals surface area contributed by atoms with E-state index in [9.17, 15) is 4.79 Å². The number of nitrogens with zero attached hydrogens (tertiary/aromatic N) is 1. The molecule has 0 radical (unpaired) electrons. The van der Waals surface area contributed by atoms with Gasteiger partial charge in [-0.1, -0.05) is 47.1 Å². The number of ether oxygens (including phenoxy) is 1. The quantitative estimate of drug-likeness (QED) is 0.526. The molecule has 0 aromatic heterocycles. The number of hydrogen-bond acceptors (Lipinski definition) is 4. The van der Waals surface area contributed by atoms with E-state index in [2.05, 4.69) is 36.2 Å². The zero-order valence-electron chi connectivity index (χ0n) is 15.6. The maximum Gasteiger partial charge on any atom is 1.00 e. The van der Waals surface area contributed by atoms with Crippen LogP contribution in [0.25, 0.3) is 5.73 Å². The van der Waals surface area contributed by atoms with Gasteiger partial charge in [0.25, 0.3) is 0 Å². The number of alkyl carbamates (subject to hydrolysis) is 1. The summed E-state index contributed by atoms with van der Waals surface area (Å²) in [5.74, 6) is 0. The summed E-state index contributed by atoms with van der Waals surface area (Å²) >= 11 is 0. The van der Waals surface area contributed by atoms with Crippen LogP contribution in [0.15, 0.2) is 12.3 Å². The fraction of sp³-hybridized carbons (Fsp3) is 0.733. The van der Waals surface area contributed by atoms with Crippen LogP contribution >= 0.6 is 0 Å². The predicted octanol–water partition coefficient (Wildman–Crippen LogP) is -0.469. The average Bonchev–Trinajstić information content (AvgIpc) is 2.95. The van der Waals surface area contributed by atoms with Crippen LogP contribution in [0, 0.1) is 0 Å². The first-order valence-electron chi connectivity index (χ1n) is 7.57. The first-order valence-corrected chi connectivity index (χ1v) is 7.57. The van der Waals surface area contributed by atoms with Gasteiger partial charge in [-0.05, 0) is 0 Å². The Morgan fingerprint density at radius 1 is 1.48 bits per heavy atom. The van der Waals surface area contributed by atoms with Crippen molar-refractivity contribution < 1.29 is 65.7 Å². The summed E-state index contributed by atoms with van der Waals surface area (Å²) in [5.41, 5.74) is 12.5. The van der Waals surface area contributed by atoms with Crippen LogP contribution in [0.4, 0.5) is 4.79 Å². The van der Waals surface area contributed by atoms with Crippen molar-refractivity contribution in [3.63, 3.8) is 0 Å². The van der Waals surface area contributed by atoms with Gasteiger partial charge in [-0.25, -0.2) is 4.79 Å². The Hall–Kier alpha value is -0.124. The van der Waals surface area contributed by atoms with Gasteiger partial charge in [0.05, 0.1) is 13.7 Å². The summed E-state index contributed by atoms with van der Waals surface area (Å²) in [6.07, 6.45) is 1.92. The Labute approximate surface area is 184 Å². The number of amides is 2. The number of nitrogens with one attached hydrogen (secondary N) is 2. The van der Waals surface area contributed by atoms with Crippen LogP contribution in [0.3, 0.4) is 0 Å². The molecule has 1 heterocycles. The first-order chi connectivity index (χ1) is 10.5. The normalized spacial score (nSPS) is 14.2. The first kappa shape index (κ1) is 30.7. The Balaban J connectivity index is -0.000000171. The molecule has 0 saturated carbocycles. The average molecular weight is 357 g/mol. The van der Waals surface area contributed by atoms with E-state index in [1.165, 1.54) is 13.5 Å². The van der Waals surface area contributed by atoms with Crippen molar-refractivity contribution in [2.75, 3.05) is 26.7 Å². The molecule has 0 aliphatic carbocycles. The van der Waals surface area contributed by atoms with Gasteiger partial charge in [0.1, 0.15) is 0 Å². The molecule has 0 bridgehead atoms. The van der Waals surface area contributed by atoms with Crippen molar-refractivity contribution >= 4 is 12.5 Å². The van der Waals surface area contributed by atoms with E-state index in [1.807, 2.05) is 18.7 Å². The van der Waals surface area contributed by atoms with Gasteiger partial charge < -0.3 is 26.4 Å². The number of rotatable bonds is 3. The van der Waals surface area contributed by atoms with E-state index in [0.717, 1.165) is 18.7 Å². The van der Waals surface area contributed by atoms with Crippen LogP contribution in [0.5, 0.6) is 0 Å². The summed E-state index contributed by atoms with van der Waals surface area (Å²) in [6.45, 7) is 14.1. The third kappa shape index (κ3) is 21.9. The molecular weight excluding hydrogens is 323 g/mol. The second kappa shape index (κ2) is 24.1. The Kier molecular flexibility index (Phi) is 32.2. The molecule has 8 heteroatoms. The van der Waals surface area contributed by atoms with Crippen LogP contribution in [0.1, 0.15) is 40.5 Å². The van der Waals surface area contributed by atoms with E-state index < -0.39 is 6.09 Å². The van der Waals surface area contributed by atoms with Crippen molar-refractivity contribution in [2.45, 2.75) is 46.6 Å². The second-order valence-corrected chi connectivity index (χ2v) is 4.19. The summed E-state index contributed by atoms with van der Waals surface area (Å²) < 4.78 is 4.44. The van der Waals surface area contributed by atoms with E-state index in [4.69, 9.17) is 10.5 Å². The largest absolute Gasteiger partial charge is 1.00 e. The Bertz CT molecular complexity index is 292. The molecule has 1 unspecified atom stereocenters. The molecular formula is C15H33KN4O3. The fourth-order valence-electron chi connectivity index (χ4n) is 1.41. The molecule has 132 valence electrons. The van der Waals surface area contributed by atoms with E-state index in [0.29, 0.717) is 13.1 Å². The number of nitrogens with two attached hydrogens (primary N) is 1. The SMILES string of the molecule is C=C(CNC(=O)OC)N1CCC([NH-])C1.CC.CCC.NC=O.[K+]. The summed E-state index contributed by atoms with van der Waals surface area (Å²) in [4.78, 5) is 21.4. The molecule has 1 fully saturated rings. The van der Waals surface area contributed by atoms with Gasteiger partial charge in [0, 0.05) is 18.8 Å². The third-order valence-electron chi connectivity index (χ3n) is 2.26. The summed E-state index contributed by atoms with van der Waals surface area (Å²) in [7, 11) is 1.33. The zero-order valence-corrected chi connectivity index (χ0v) is 18.8. The number of likely N-dealkylation sites (tertiary alicyclic amines) is 1. The number of methoxy groups -OCH3 is 1. The van der Waals surface area contributed by atoms with Gasteiger partial charge in [0.2, 0.25) is 6.41 Å². The van der Waals surface area contributed by atoms with E-state index in [1.54, 1.807) is 0 Å². The molecule has 1 aliphatic heterocycles. The van der Waals surface area contributed by atoms with Crippen LogP contribution in [-0.2, 0) is 9.53 Å². The van der Waals surface area contributed by atoms with Gasteiger partial charge in [-0.2, -0.15) is 0 Å². The molecule has 0 aromatic carbocycles. The monoisotopic (exact) mass is 356 g/mol. The van der Waals surface area contributed by atoms with Crippen molar-refractivity contribution in [1.82, 2.24) is 10.2 Å². The minimum atomic E-state index is -0.451. The van der Waals surface area contributed by atoms with Crippen molar-refractivity contribution in [3.05, 3.63) is 18.0 Å². The van der Waals surface area contributed by atoms with Crippen molar-refractivity contribution in [2.24, 2.45) is 5.73 Å². The molecule has 1 atom stereocenters. The van der Waals surface area contributed by atoms with Gasteiger partial charge in [-0.3, -0.25) is 4.79 Å². The molecule has 1 rings (SSSR count). The second-order valence-electron chi connectivity index (χ2n) is 4.19. The summed E-state index contributed by atoms with van der Waals surface area (Å²) in [6, 6.07) is -0.0233. The molecule has 7 nitrogen and oxygen atoms in total. The predicted molar refractivity (Wildman–Crippen MR) is 91.4 cm³/mol. The van der Waals surface area contributed by atoms with Crippen molar-refractivity contribution in [1.29, 1.82) is 0 Å². The number of carbonyl (C=O) groups excluding carboxylic acids is 2. The molecule has 1 aliphatic rings. The smallest absolute Gasteiger partial charge is 0.673 e. The molecule has 2 amide bonds. The third-order valence-corrected chi connectivity index (χ3v) is 2.26. The minimum absolute atomic E-state index is 0. The molecule has 23 heavy (non-hydrogen) atoms. The van der Waals surface area contributed by atoms with Gasteiger partial charge >= 0.3 is 57.5 Å². The van der Waals surface area contributed by atoms with Gasteiger partial charge in [0.15, 0.2) is 0 Å².